The summed E-state index contributed by atoms with van der Waals surface area (Å²) in [4.78, 5) is 15.4. The van der Waals surface area contributed by atoms with Gasteiger partial charge in [0, 0.05) is 11.3 Å². The lowest BCUT2D eigenvalue weighted by Crippen LogP contribution is -2.39. The number of ether oxygens (including phenoxy) is 1. The third kappa shape index (κ3) is 1.41. The number of carbonyl (C=O) groups excluding carboxylic acids is 1. The van der Waals surface area contributed by atoms with Crippen LogP contribution in [0, 0.1) is 0 Å². The summed E-state index contributed by atoms with van der Waals surface area (Å²) in [5.74, 6) is -0.0267. The quantitative estimate of drug-likeness (QED) is 0.0981. The Morgan fingerprint density at radius 3 is 0.547 bits per heavy atom. The van der Waals surface area contributed by atoms with Gasteiger partial charge in [-0.3, -0.25) is 4.79 Å². The molecule has 2 heteroatoms. The van der Waals surface area contributed by atoms with Gasteiger partial charge < -0.3 is 4.74 Å². The number of carbonyl (C=O) groups is 1. The van der Waals surface area contributed by atoms with E-state index >= 15 is 4.79 Å². The molecule has 37 rings (SSSR count). The van der Waals surface area contributed by atoms with Gasteiger partial charge in [-0.05, 0) is 367 Å². The molecule has 33 aromatic rings. The van der Waals surface area contributed by atoms with Crippen LogP contribution in [0.5, 0.6) is 0 Å². The fraction of sp³-hybridized carbons (Fsp3) is 0.0548. The largest absolute Gasteiger partial charge is 0.469 e. The van der Waals surface area contributed by atoms with Crippen LogP contribution in [-0.2, 0) is 14.9 Å². The van der Waals surface area contributed by atoms with Crippen LogP contribution in [0.1, 0.15) is 34.6 Å². The van der Waals surface area contributed by atoms with Crippen molar-refractivity contribution in [2.75, 3.05) is 7.11 Å². The van der Waals surface area contributed by atoms with E-state index < -0.39 is 5.41 Å². The highest BCUT2D eigenvalue weighted by Crippen LogP contribution is 2.84. The molecule has 33 aromatic carbocycles. The van der Waals surface area contributed by atoms with Crippen LogP contribution in [-0.4, -0.2) is 13.1 Å². The standard InChI is InChI=1S/C73H6O2/c1-75-3(74)2-73-70-66-60-47-37-24-14-9-4-5-7-8-6(4)13-15(14)29-32-28-19(13)21-18(8)27-26-17(7)20-16-10(5)12-11(9)22(24)31-30-23(12)25(16)39-41-33(20)35(26)49-50-40(27)42-34(21)36(28)51-53-45(32)48(38(29)37)61(60)67(70)63(53)65-57(51)55(42)59(50)69(72(65)73)68-58(49)54(41)56-46(39)43(30)52(44(31)47)62(66)64(56)71(68)73/h70H,2H2,1H3/t70-,73+/m1/s1. The second kappa shape index (κ2) is 6.01. The SMILES string of the molecule is COC(=O)C[C@@]12c3c4c5c6c7c8c(c9c%10c1c1c3c3c%11c4c4c5c5c7c7c%12c8c8c9c9c%13c%10c%10c1c1c3c3c%11c%11c4c4c5c7c5c7c%12c%12c8c9c8c9c%13c%10c%10c1c1c3c3c%11c4c5c4c3c3c1c%10c9c1c8c%12c7c4c13)[C@H]62. The van der Waals surface area contributed by atoms with Gasteiger partial charge in [0.25, 0.3) is 0 Å². The summed E-state index contributed by atoms with van der Waals surface area (Å²) >= 11 is 0. The van der Waals surface area contributed by atoms with E-state index in [-0.39, 0.29) is 11.9 Å². The first kappa shape index (κ1) is 27.1. The van der Waals surface area contributed by atoms with E-state index in [1.54, 1.807) is 341 Å². The smallest absolute Gasteiger partial charge is 0.306 e. The topological polar surface area (TPSA) is 26.3 Å². The van der Waals surface area contributed by atoms with Gasteiger partial charge in [0.1, 0.15) is 0 Å². The monoisotopic (exact) mass is 914 g/mol. The highest BCUT2D eigenvalue weighted by molar-refractivity contribution is 6.83. The summed E-state index contributed by atoms with van der Waals surface area (Å²) in [5, 5.41) is 102. The lowest BCUT2D eigenvalue weighted by atomic mass is 9.55. The second-order valence-electron chi connectivity index (χ2n) is 27.7. The predicted octanol–water partition coefficient (Wildman–Crippen LogP) is 19.7. The Balaban J connectivity index is 1.19. The molecule has 0 aromatic heterocycles. The number of esters is 1. The molecule has 0 heterocycles. The Kier molecular flexibility index (Phi) is 2.17. The summed E-state index contributed by atoms with van der Waals surface area (Å²) in [5.41, 5.74) is 5.66. The molecule has 4 aliphatic carbocycles. The molecular formula is C73H6O2. The highest BCUT2D eigenvalue weighted by Gasteiger charge is 2.63. The summed E-state index contributed by atoms with van der Waals surface area (Å²) < 4.78 is 6.16. The van der Waals surface area contributed by atoms with Crippen molar-refractivity contribution in [2.24, 2.45) is 0 Å². The normalized spacial score (nSPS) is 20.9. The zero-order valence-corrected chi connectivity index (χ0v) is 38.1. The second-order valence-corrected chi connectivity index (χ2v) is 27.7. The fourth-order valence-corrected chi connectivity index (χ4v) is 27.7. The van der Waals surface area contributed by atoms with E-state index in [1.165, 1.54) is 32.7 Å². The van der Waals surface area contributed by atoms with E-state index in [2.05, 4.69) is 0 Å². The Morgan fingerprint density at radius 1 is 0.240 bits per heavy atom. The van der Waals surface area contributed by atoms with E-state index in [0.717, 1.165) is 0 Å². The lowest BCUT2D eigenvalue weighted by Gasteiger charge is -2.45. The first-order valence-corrected chi connectivity index (χ1v) is 27.9. The van der Waals surface area contributed by atoms with Gasteiger partial charge in [0.15, 0.2) is 0 Å². The predicted molar refractivity (Wildman–Crippen MR) is 315 cm³/mol. The van der Waals surface area contributed by atoms with Crippen LogP contribution in [0.3, 0.4) is 0 Å². The zero-order valence-electron chi connectivity index (χ0n) is 38.1. The molecule has 0 spiro atoms. The van der Waals surface area contributed by atoms with Crippen LogP contribution >= 0.6 is 0 Å². The summed E-state index contributed by atoms with van der Waals surface area (Å²) in [7, 11) is 1.68. The Hall–Kier alpha value is -9.37. The van der Waals surface area contributed by atoms with Crippen molar-refractivity contribution in [3.8, 4) is 0 Å². The van der Waals surface area contributed by atoms with Crippen molar-refractivity contribution in [3.63, 3.8) is 0 Å². The van der Waals surface area contributed by atoms with Crippen LogP contribution in [0.2, 0.25) is 0 Å². The first-order valence-electron chi connectivity index (χ1n) is 27.9. The van der Waals surface area contributed by atoms with Crippen molar-refractivity contribution in [2.45, 2.75) is 17.8 Å². The molecule has 0 saturated carbocycles. The third-order valence-electron chi connectivity index (χ3n) is 27.7. The molecule has 0 bridgehead atoms. The zero-order chi connectivity index (χ0) is 44.3. The first-order chi connectivity index (χ1) is 37.3. The molecule has 4 aliphatic rings. The van der Waals surface area contributed by atoms with Crippen LogP contribution in [0.15, 0.2) is 0 Å². The van der Waals surface area contributed by atoms with Crippen molar-refractivity contribution in [1.82, 2.24) is 0 Å². The highest BCUT2D eigenvalue weighted by atomic mass is 16.5. The van der Waals surface area contributed by atoms with Crippen molar-refractivity contribution < 1.29 is 9.53 Å². The Labute approximate surface area is 405 Å². The number of hydrogen-bond acceptors (Lipinski definition) is 2. The van der Waals surface area contributed by atoms with E-state index in [9.17, 15) is 0 Å². The maximum atomic E-state index is 15.4. The molecule has 0 aliphatic heterocycles. The molecule has 0 unspecified atom stereocenters. The van der Waals surface area contributed by atoms with Crippen LogP contribution in [0.25, 0.3) is 345 Å². The molecular weight excluding hydrogens is 909 g/mol. The van der Waals surface area contributed by atoms with Gasteiger partial charge >= 0.3 is 5.97 Å². The molecule has 0 radical (unpaired) electrons. The maximum absolute atomic E-state index is 15.4. The maximum Gasteiger partial charge on any atom is 0.306 e. The van der Waals surface area contributed by atoms with Crippen molar-refractivity contribution >= 4 is 351 Å². The van der Waals surface area contributed by atoms with Gasteiger partial charge in [-0.2, -0.15) is 0 Å². The van der Waals surface area contributed by atoms with Crippen LogP contribution < -0.4 is 0 Å². The molecule has 0 fully saturated rings. The number of hydrogen-bond donors (Lipinski definition) is 0. The fourth-order valence-electron chi connectivity index (χ4n) is 27.7. The molecule has 2 atom stereocenters. The molecule has 0 amide bonds. The summed E-state index contributed by atoms with van der Waals surface area (Å²) in [6, 6.07) is 0. The average molecular weight is 915 g/mol. The number of benzene rings is 23. The Morgan fingerprint density at radius 2 is 0.373 bits per heavy atom. The minimum absolute atomic E-state index is 0.0265. The summed E-state index contributed by atoms with van der Waals surface area (Å²) in [6.07, 6.45) is 0.373. The van der Waals surface area contributed by atoms with Crippen LogP contribution in [0.4, 0.5) is 0 Å². The average Bonchev–Trinajstić information content (AvgIpc) is 1.99. The van der Waals surface area contributed by atoms with Crippen molar-refractivity contribution in [1.29, 1.82) is 0 Å². The number of rotatable bonds is 2. The number of methoxy groups -OCH3 is 1. The van der Waals surface area contributed by atoms with Gasteiger partial charge in [0.2, 0.25) is 0 Å². The molecule has 2 nitrogen and oxygen atoms in total. The van der Waals surface area contributed by atoms with Crippen molar-refractivity contribution in [3.05, 3.63) is 22.3 Å². The van der Waals surface area contributed by atoms with Gasteiger partial charge in [-0.25, -0.2) is 0 Å². The molecule has 75 heavy (non-hydrogen) atoms. The summed E-state index contributed by atoms with van der Waals surface area (Å²) in [6.45, 7) is 0. The lowest BCUT2D eigenvalue weighted by molar-refractivity contribution is -0.141. The molecule has 310 valence electrons. The van der Waals surface area contributed by atoms with Gasteiger partial charge in [-0.15, -0.1) is 0 Å². The third-order valence-corrected chi connectivity index (χ3v) is 27.7. The molecule has 0 saturated heterocycles. The van der Waals surface area contributed by atoms with Gasteiger partial charge in [0.05, 0.1) is 13.5 Å². The van der Waals surface area contributed by atoms with E-state index in [4.69, 9.17) is 4.74 Å². The molecule has 0 N–H and O–H groups in total. The minimum atomic E-state index is -0.605. The Bertz CT molecular complexity index is 8650. The van der Waals surface area contributed by atoms with E-state index in [0.29, 0.717) is 6.42 Å². The van der Waals surface area contributed by atoms with E-state index in [1.807, 2.05) is 0 Å². The minimum Gasteiger partial charge on any atom is -0.469 e. The van der Waals surface area contributed by atoms with Gasteiger partial charge in [-0.1, -0.05) is 0 Å².